The zero-order valence-electron chi connectivity index (χ0n) is 12.9. The normalized spacial score (nSPS) is 10.0. The maximum atomic E-state index is 11.8. The number of hydrogen-bond donors (Lipinski definition) is 2. The van der Waals surface area contributed by atoms with Gasteiger partial charge in [0.2, 0.25) is 0 Å². The van der Waals surface area contributed by atoms with Crippen molar-refractivity contribution in [2.24, 2.45) is 0 Å². The summed E-state index contributed by atoms with van der Waals surface area (Å²) in [5.41, 5.74) is 7.35. The number of ether oxygens (including phenoxy) is 1. The lowest BCUT2D eigenvalue weighted by atomic mass is 10.1. The van der Waals surface area contributed by atoms with Gasteiger partial charge in [0.05, 0.1) is 0 Å². The van der Waals surface area contributed by atoms with E-state index in [0.717, 1.165) is 15.6 Å². The molecule has 23 heavy (non-hydrogen) atoms. The van der Waals surface area contributed by atoms with Crippen molar-refractivity contribution >= 4 is 27.7 Å². The number of carbonyl (C=O) groups excluding carboxylic acids is 2. The van der Waals surface area contributed by atoms with E-state index in [1.165, 1.54) is 0 Å². The van der Waals surface area contributed by atoms with Crippen LogP contribution in [0.3, 0.4) is 0 Å². The highest BCUT2D eigenvalue weighted by molar-refractivity contribution is 9.10. The van der Waals surface area contributed by atoms with Crippen molar-refractivity contribution in [2.75, 3.05) is 6.61 Å². The quantitative estimate of drug-likeness (QED) is 0.806. The molecule has 0 aliphatic heterocycles. The average Bonchev–Trinajstić information content (AvgIpc) is 2.54. The van der Waals surface area contributed by atoms with Gasteiger partial charge in [0.15, 0.2) is 6.61 Å². The molecule has 0 saturated heterocycles. The smallest absolute Gasteiger partial charge is 0.276 e. The number of hydrazine groups is 1. The Morgan fingerprint density at radius 3 is 2.35 bits per heavy atom. The Labute approximate surface area is 143 Å². The van der Waals surface area contributed by atoms with Crippen LogP contribution >= 0.6 is 15.9 Å². The van der Waals surface area contributed by atoms with Crippen LogP contribution in [0.2, 0.25) is 0 Å². The molecule has 0 fully saturated rings. The summed E-state index contributed by atoms with van der Waals surface area (Å²) in [5, 5.41) is 0. The van der Waals surface area contributed by atoms with E-state index < -0.39 is 11.8 Å². The highest BCUT2D eigenvalue weighted by Gasteiger charge is 2.08. The molecule has 2 N–H and O–H groups in total. The van der Waals surface area contributed by atoms with Crippen molar-refractivity contribution in [2.45, 2.75) is 13.8 Å². The Balaban J connectivity index is 1.79. The van der Waals surface area contributed by atoms with E-state index in [2.05, 4.69) is 26.8 Å². The van der Waals surface area contributed by atoms with Crippen molar-refractivity contribution in [1.29, 1.82) is 0 Å². The van der Waals surface area contributed by atoms with E-state index in [0.29, 0.717) is 11.3 Å². The van der Waals surface area contributed by atoms with Gasteiger partial charge in [-0.1, -0.05) is 22.0 Å². The van der Waals surface area contributed by atoms with Gasteiger partial charge >= 0.3 is 0 Å². The first-order valence-electron chi connectivity index (χ1n) is 7.00. The van der Waals surface area contributed by atoms with Crippen LogP contribution in [-0.4, -0.2) is 18.4 Å². The van der Waals surface area contributed by atoms with Crippen molar-refractivity contribution in [1.82, 2.24) is 10.9 Å². The van der Waals surface area contributed by atoms with E-state index in [9.17, 15) is 9.59 Å². The van der Waals surface area contributed by atoms with Crippen molar-refractivity contribution in [3.63, 3.8) is 0 Å². The van der Waals surface area contributed by atoms with Crippen LogP contribution in [0.25, 0.3) is 0 Å². The topological polar surface area (TPSA) is 67.4 Å². The molecule has 2 amide bonds. The molecule has 2 aromatic carbocycles. The van der Waals surface area contributed by atoms with Crippen LogP contribution in [-0.2, 0) is 4.79 Å². The average molecular weight is 377 g/mol. The van der Waals surface area contributed by atoms with Gasteiger partial charge in [0.1, 0.15) is 5.75 Å². The fourth-order valence-electron chi connectivity index (χ4n) is 1.79. The third kappa shape index (κ3) is 5.10. The van der Waals surface area contributed by atoms with Gasteiger partial charge in [-0.25, -0.2) is 0 Å². The van der Waals surface area contributed by atoms with Crippen LogP contribution in [0.15, 0.2) is 46.9 Å². The lowest BCUT2D eigenvalue weighted by Gasteiger charge is -2.10. The summed E-state index contributed by atoms with van der Waals surface area (Å²) in [6, 6.07) is 12.4. The summed E-state index contributed by atoms with van der Waals surface area (Å²) in [7, 11) is 0. The highest BCUT2D eigenvalue weighted by Crippen LogP contribution is 2.16. The number of hydrogen-bond acceptors (Lipinski definition) is 3. The zero-order chi connectivity index (χ0) is 16.8. The summed E-state index contributed by atoms with van der Waals surface area (Å²) in [5.74, 6) is -0.215. The van der Waals surface area contributed by atoms with Gasteiger partial charge in [-0.05, 0) is 61.4 Å². The van der Waals surface area contributed by atoms with Gasteiger partial charge in [-0.2, -0.15) is 0 Å². The molecular weight excluding hydrogens is 360 g/mol. The van der Waals surface area contributed by atoms with Gasteiger partial charge < -0.3 is 4.74 Å². The van der Waals surface area contributed by atoms with E-state index in [1.54, 1.807) is 30.3 Å². The third-order valence-corrected chi connectivity index (χ3v) is 3.80. The minimum atomic E-state index is -0.436. The number of rotatable bonds is 4. The molecule has 0 saturated carbocycles. The molecule has 0 bridgehead atoms. The van der Waals surface area contributed by atoms with E-state index in [4.69, 9.17) is 4.74 Å². The Bertz CT molecular complexity index is 714. The molecular formula is C17H17BrN2O3. The van der Waals surface area contributed by atoms with Gasteiger partial charge in [0.25, 0.3) is 11.8 Å². The minimum absolute atomic E-state index is 0.177. The first kappa shape index (κ1) is 17.0. The molecule has 0 aliphatic rings. The summed E-state index contributed by atoms with van der Waals surface area (Å²) < 4.78 is 6.26. The summed E-state index contributed by atoms with van der Waals surface area (Å²) >= 11 is 3.29. The lowest BCUT2D eigenvalue weighted by Crippen LogP contribution is -2.43. The van der Waals surface area contributed by atoms with Crippen molar-refractivity contribution in [3.8, 4) is 5.75 Å². The fraction of sp³-hybridized carbons (Fsp3) is 0.176. The van der Waals surface area contributed by atoms with Crippen LogP contribution < -0.4 is 15.6 Å². The molecule has 120 valence electrons. The minimum Gasteiger partial charge on any atom is -0.484 e. The standard InChI is InChI=1S/C17H17BrN2O3/c1-11-3-8-15(9-12(11)2)23-10-16(21)19-20-17(22)13-4-6-14(18)7-5-13/h3-9H,10H2,1-2H3,(H,19,21)(H,20,22). The molecule has 2 rings (SSSR count). The molecule has 0 aromatic heterocycles. The highest BCUT2D eigenvalue weighted by atomic mass is 79.9. The third-order valence-electron chi connectivity index (χ3n) is 3.27. The Kier molecular flexibility index (Phi) is 5.76. The molecule has 6 heteroatoms. The number of aryl methyl sites for hydroxylation is 2. The summed E-state index contributed by atoms with van der Waals surface area (Å²) in [6.07, 6.45) is 0. The second-order valence-corrected chi connectivity index (χ2v) is 5.96. The second-order valence-electron chi connectivity index (χ2n) is 5.04. The number of amides is 2. The fourth-order valence-corrected chi connectivity index (χ4v) is 2.05. The Morgan fingerprint density at radius 2 is 1.70 bits per heavy atom. The van der Waals surface area contributed by atoms with Gasteiger partial charge in [-0.3, -0.25) is 20.4 Å². The van der Waals surface area contributed by atoms with Gasteiger partial charge in [0, 0.05) is 10.0 Å². The summed E-state index contributed by atoms with van der Waals surface area (Å²) in [6.45, 7) is 3.80. The number of halogens is 1. The largest absolute Gasteiger partial charge is 0.484 e. The number of carbonyl (C=O) groups is 2. The summed E-state index contributed by atoms with van der Waals surface area (Å²) in [4.78, 5) is 23.5. The SMILES string of the molecule is Cc1ccc(OCC(=O)NNC(=O)c2ccc(Br)cc2)cc1C. The molecule has 0 spiro atoms. The molecule has 0 atom stereocenters. The predicted octanol–water partition coefficient (Wildman–Crippen LogP) is 2.91. The van der Waals surface area contributed by atoms with Crippen LogP contribution in [0.1, 0.15) is 21.5 Å². The molecule has 0 radical (unpaired) electrons. The maximum absolute atomic E-state index is 11.8. The Morgan fingerprint density at radius 1 is 1.00 bits per heavy atom. The van der Waals surface area contributed by atoms with Crippen LogP contribution in [0.5, 0.6) is 5.75 Å². The predicted molar refractivity (Wildman–Crippen MR) is 91.2 cm³/mol. The first-order valence-corrected chi connectivity index (χ1v) is 7.80. The maximum Gasteiger partial charge on any atom is 0.276 e. The van der Waals surface area contributed by atoms with Crippen molar-refractivity contribution in [3.05, 3.63) is 63.6 Å². The lowest BCUT2D eigenvalue weighted by molar-refractivity contribution is -0.123. The molecule has 0 heterocycles. The van der Waals surface area contributed by atoms with Crippen molar-refractivity contribution < 1.29 is 14.3 Å². The molecule has 5 nitrogen and oxygen atoms in total. The van der Waals surface area contributed by atoms with E-state index in [1.807, 2.05) is 26.0 Å². The first-order chi connectivity index (χ1) is 11.0. The van der Waals surface area contributed by atoms with Crippen LogP contribution in [0, 0.1) is 13.8 Å². The Hall–Kier alpha value is -2.34. The molecule has 2 aromatic rings. The zero-order valence-corrected chi connectivity index (χ0v) is 14.4. The molecule has 0 unspecified atom stereocenters. The van der Waals surface area contributed by atoms with E-state index in [-0.39, 0.29) is 6.61 Å². The second kappa shape index (κ2) is 7.78. The van der Waals surface area contributed by atoms with Gasteiger partial charge in [-0.15, -0.1) is 0 Å². The number of nitrogens with one attached hydrogen (secondary N) is 2. The van der Waals surface area contributed by atoms with Crippen LogP contribution in [0.4, 0.5) is 0 Å². The van der Waals surface area contributed by atoms with E-state index >= 15 is 0 Å². The molecule has 0 aliphatic carbocycles. The number of benzene rings is 2. The monoisotopic (exact) mass is 376 g/mol.